The van der Waals surface area contributed by atoms with Crippen molar-refractivity contribution in [3.05, 3.63) is 70.8 Å². The van der Waals surface area contributed by atoms with Gasteiger partial charge in [0, 0.05) is 31.6 Å². The molecule has 0 saturated heterocycles. The summed E-state index contributed by atoms with van der Waals surface area (Å²) >= 11 is 1.39. The highest BCUT2D eigenvalue weighted by Gasteiger charge is 2.17. The zero-order chi connectivity index (χ0) is 22.0. The summed E-state index contributed by atoms with van der Waals surface area (Å²) in [6.45, 7) is 2.46. The van der Waals surface area contributed by atoms with E-state index in [1.165, 1.54) is 23.5 Å². The first-order chi connectivity index (χ1) is 14.9. The van der Waals surface area contributed by atoms with E-state index in [9.17, 15) is 9.18 Å². The number of aromatic nitrogens is 3. The molecule has 0 aliphatic carbocycles. The van der Waals surface area contributed by atoms with Crippen LogP contribution in [0.1, 0.15) is 28.4 Å². The van der Waals surface area contributed by atoms with Gasteiger partial charge in [-0.05, 0) is 50.1 Å². The van der Waals surface area contributed by atoms with Crippen LogP contribution in [-0.2, 0) is 13.5 Å². The van der Waals surface area contributed by atoms with Gasteiger partial charge in [0.25, 0.3) is 5.91 Å². The van der Waals surface area contributed by atoms with E-state index in [4.69, 9.17) is 4.42 Å². The number of furan rings is 1. The van der Waals surface area contributed by atoms with Crippen molar-refractivity contribution in [3.63, 3.8) is 0 Å². The molecule has 0 bridgehead atoms. The van der Waals surface area contributed by atoms with E-state index in [1.54, 1.807) is 28.1 Å². The van der Waals surface area contributed by atoms with Gasteiger partial charge in [0.05, 0.1) is 11.4 Å². The molecule has 8 heteroatoms. The average molecular weight is 439 g/mol. The summed E-state index contributed by atoms with van der Waals surface area (Å²) in [6, 6.07) is 12.2. The van der Waals surface area contributed by atoms with E-state index in [1.807, 2.05) is 38.2 Å². The van der Waals surface area contributed by atoms with Crippen LogP contribution in [0.2, 0.25) is 0 Å². The highest BCUT2D eigenvalue weighted by atomic mass is 32.1. The van der Waals surface area contributed by atoms with Gasteiger partial charge in [-0.15, -0.1) is 11.3 Å². The minimum absolute atomic E-state index is 0.118. The normalized spacial score (nSPS) is 11.1. The number of carbonyl (C=O) groups is 1. The lowest BCUT2D eigenvalue weighted by Crippen LogP contribution is -2.28. The van der Waals surface area contributed by atoms with Crippen LogP contribution in [0.5, 0.6) is 0 Å². The number of aryl methyl sites for hydroxylation is 3. The highest BCUT2D eigenvalue weighted by Crippen LogP contribution is 2.26. The number of hydrogen-bond donors (Lipinski definition) is 0. The molecule has 0 fully saturated rings. The van der Waals surface area contributed by atoms with Crippen LogP contribution in [0, 0.1) is 12.7 Å². The largest absolute Gasteiger partial charge is 0.459 e. The lowest BCUT2D eigenvalue weighted by Gasteiger charge is -2.15. The smallest absolute Gasteiger partial charge is 0.273 e. The van der Waals surface area contributed by atoms with Gasteiger partial charge >= 0.3 is 0 Å². The van der Waals surface area contributed by atoms with Crippen molar-refractivity contribution in [2.45, 2.75) is 19.8 Å². The predicted molar refractivity (Wildman–Crippen MR) is 118 cm³/mol. The maximum Gasteiger partial charge on any atom is 0.273 e. The van der Waals surface area contributed by atoms with Crippen LogP contribution in [0.25, 0.3) is 22.0 Å². The SMILES string of the molecule is Cc1ccc(-c2nc(C(=O)N(C)CCCc3cc(-c4cccc(F)c4)n(C)n3)cs2)o1. The third-order valence-electron chi connectivity index (χ3n) is 5.00. The summed E-state index contributed by atoms with van der Waals surface area (Å²) in [6.07, 6.45) is 1.48. The average Bonchev–Trinajstić information content (AvgIpc) is 3.47. The number of nitrogens with zero attached hydrogens (tertiary/aromatic N) is 4. The zero-order valence-electron chi connectivity index (χ0n) is 17.6. The minimum atomic E-state index is -0.271. The van der Waals surface area contributed by atoms with E-state index in [0.717, 1.165) is 35.6 Å². The number of halogens is 1. The van der Waals surface area contributed by atoms with E-state index < -0.39 is 0 Å². The minimum Gasteiger partial charge on any atom is -0.459 e. The Morgan fingerprint density at radius 1 is 1.26 bits per heavy atom. The van der Waals surface area contributed by atoms with E-state index in [0.29, 0.717) is 23.0 Å². The predicted octanol–water partition coefficient (Wildman–Crippen LogP) is 4.96. The van der Waals surface area contributed by atoms with Gasteiger partial charge in [0.2, 0.25) is 0 Å². The molecular formula is C23H23FN4O2S. The number of rotatable bonds is 7. The molecule has 1 aromatic carbocycles. The summed E-state index contributed by atoms with van der Waals surface area (Å²) in [4.78, 5) is 18.8. The van der Waals surface area contributed by atoms with Crippen molar-refractivity contribution in [1.82, 2.24) is 19.7 Å². The van der Waals surface area contributed by atoms with Crippen molar-refractivity contribution >= 4 is 17.2 Å². The van der Waals surface area contributed by atoms with Gasteiger partial charge in [-0.1, -0.05) is 12.1 Å². The van der Waals surface area contributed by atoms with Gasteiger partial charge in [0.15, 0.2) is 10.8 Å². The first kappa shape index (κ1) is 21.0. The molecule has 0 saturated carbocycles. The number of amides is 1. The molecule has 4 aromatic rings. The molecule has 0 aliphatic rings. The Hall–Kier alpha value is -3.26. The van der Waals surface area contributed by atoms with E-state index in [-0.39, 0.29) is 11.7 Å². The Labute approximate surface area is 184 Å². The Bertz CT molecular complexity index is 1210. The Morgan fingerprint density at radius 3 is 2.84 bits per heavy atom. The summed E-state index contributed by atoms with van der Waals surface area (Å²) < 4.78 is 20.9. The molecular weight excluding hydrogens is 415 g/mol. The van der Waals surface area contributed by atoms with Crippen LogP contribution in [-0.4, -0.2) is 39.2 Å². The van der Waals surface area contributed by atoms with Crippen LogP contribution < -0.4 is 0 Å². The fourth-order valence-corrected chi connectivity index (χ4v) is 4.15. The highest BCUT2D eigenvalue weighted by molar-refractivity contribution is 7.13. The molecule has 0 aliphatic heterocycles. The molecule has 3 heterocycles. The summed E-state index contributed by atoms with van der Waals surface area (Å²) in [5, 5.41) is 6.98. The number of benzene rings is 1. The van der Waals surface area contributed by atoms with Crippen molar-refractivity contribution in [2.75, 3.05) is 13.6 Å². The molecule has 0 unspecified atom stereocenters. The van der Waals surface area contributed by atoms with Gasteiger partial charge in [-0.3, -0.25) is 9.48 Å². The fourth-order valence-electron chi connectivity index (χ4n) is 3.40. The van der Waals surface area contributed by atoms with Gasteiger partial charge < -0.3 is 9.32 Å². The van der Waals surface area contributed by atoms with Crippen molar-refractivity contribution < 1.29 is 13.6 Å². The van der Waals surface area contributed by atoms with Crippen molar-refractivity contribution in [2.24, 2.45) is 7.05 Å². The van der Waals surface area contributed by atoms with Crippen LogP contribution >= 0.6 is 11.3 Å². The fraction of sp³-hybridized carbons (Fsp3) is 0.261. The Kier molecular flexibility index (Phi) is 5.99. The molecule has 4 rings (SSSR count). The molecule has 0 N–H and O–H groups in total. The monoisotopic (exact) mass is 438 g/mol. The lowest BCUT2D eigenvalue weighted by atomic mass is 10.1. The molecule has 160 valence electrons. The molecule has 0 spiro atoms. The standard InChI is InChI=1S/C23H23FN4O2S/c1-15-9-10-21(30-15)22-25-19(14-31-22)23(29)27(2)11-5-8-18-13-20(28(3)26-18)16-6-4-7-17(24)12-16/h4,6-7,9-10,12-14H,5,8,11H2,1-3H3. The number of thiazole rings is 1. The van der Waals surface area contributed by atoms with Crippen LogP contribution in [0.3, 0.4) is 0 Å². The van der Waals surface area contributed by atoms with Crippen LogP contribution in [0.15, 0.2) is 52.3 Å². The summed E-state index contributed by atoms with van der Waals surface area (Å²) in [7, 11) is 3.62. The third kappa shape index (κ3) is 4.74. The topological polar surface area (TPSA) is 64.2 Å². The molecule has 0 radical (unpaired) electrons. The zero-order valence-corrected chi connectivity index (χ0v) is 18.4. The second-order valence-corrected chi connectivity index (χ2v) is 8.29. The van der Waals surface area contributed by atoms with E-state index >= 15 is 0 Å². The number of hydrogen-bond acceptors (Lipinski definition) is 5. The Balaban J connectivity index is 1.34. The summed E-state index contributed by atoms with van der Waals surface area (Å²) in [5.74, 6) is 1.10. The van der Waals surface area contributed by atoms with Gasteiger partial charge in [-0.2, -0.15) is 5.10 Å². The lowest BCUT2D eigenvalue weighted by molar-refractivity contribution is 0.0788. The molecule has 1 amide bonds. The first-order valence-corrected chi connectivity index (χ1v) is 10.9. The van der Waals surface area contributed by atoms with Crippen LogP contribution in [0.4, 0.5) is 4.39 Å². The van der Waals surface area contributed by atoms with Gasteiger partial charge in [0.1, 0.15) is 17.3 Å². The quantitative estimate of drug-likeness (QED) is 0.409. The van der Waals surface area contributed by atoms with Crippen molar-refractivity contribution in [1.29, 1.82) is 0 Å². The maximum atomic E-state index is 13.5. The molecule has 31 heavy (non-hydrogen) atoms. The van der Waals surface area contributed by atoms with Crippen molar-refractivity contribution in [3.8, 4) is 22.0 Å². The summed E-state index contributed by atoms with van der Waals surface area (Å²) in [5.41, 5.74) is 2.98. The van der Waals surface area contributed by atoms with Gasteiger partial charge in [-0.25, -0.2) is 9.37 Å². The maximum absolute atomic E-state index is 13.5. The molecule has 6 nitrogen and oxygen atoms in total. The second-order valence-electron chi connectivity index (χ2n) is 7.43. The third-order valence-corrected chi connectivity index (χ3v) is 5.86. The Morgan fingerprint density at radius 2 is 2.10 bits per heavy atom. The molecule has 3 aromatic heterocycles. The number of carbonyl (C=O) groups excluding carboxylic acids is 1. The molecule has 0 atom stereocenters. The second kappa shape index (κ2) is 8.85. The first-order valence-electron chi connectivity index (χ1n) is 9.97. The van der Waals surface area contributed by atoms with E-state index in [2.05, 4.69) is 10.1 Å².